The quantitative estimate of drug-likeness (QED) is 0.760. The van der Waals surface area contributed by atoms with Crippen molar-refractivity contribution in [2.75, 3.05) is 0 Å². The number of halogens is 1. The number of hydrogen-bond acceptors (Lipinski definition) is 2. The number of rotatable bonds is 2. The molecule has 0 aliphatic rings. The molecule has 19 heavy (non-hydrogen) atoms. The van der Waals surface area contributed by atoms with Gasteiger partial charge in [-0.05, 0) is 37.1 Å². The van der Waals surface area contributed by atoms with Gasteiger partial charge in [-0.2, -0.15) is 5.26 Å². The molecule has 1 heterocycles. The molecule has 0 amide bonds. The van der Waals surface area contributed by atoms with E-state index >= 15 is 0 Å². The van der Waals surface area contributed by atoms with E-state index in [1.807, 2.05) is 26.0 Å². The highest BCUT2D eigenvalue weighted by molar-refractivity contribution is 6.53. The van der Waals surface area contributed by atoms with Crippen molar-refractivity contribution in [1.82, 2.24) is 4.98 Å². The summed E-state index contributed by atoms with van der Waals surface area (Å²) in [6.07, 6.45) is 3.30. The lowest BCUT2D eigenvalue weighted by molar-refractivity contribution is 1.32. The number of pyridine rings is 1. The molecule has 0 aliphatic carbocycles. The number of aryl methyl sites for hydroxylation is 2. The molecule has 0 saturated heterocycles. The fourth-order valence-corrected chi connectivity index (χ4v) is 2.27. The van der Waals surface area contributed by atoms with Gasteiger partial charge in [0.25, 0.3) is 0 Å². The van der Waals surface area contributed by atoms with E-state index in [1.165, 1.54) is 0 Å². The molecule has 0 aliphatic heterocycles. The van der Waals surface area contributed by atoms with Crippen LogP contribution in [0.1, 0.15) is 22.3 Å². The molecule has 3 heteroatoms. The first-order valence-electron chi connectivity index (χ1n) is 5.91. The van der Waals surface area contributed by atoms with Gasteiger partial charge < -0.3 is 0 Å². The largest absolute Gasteiger partial charge is 0.265 e. The molecule has 1 aromatic heterocycles. The topological polar surface area (TPSA) is 36.7 Å². The van der Waals surface area contributed by atoms with Gasteiger partial charge in [0.1, 0.15) is 6.07 Å². The number of hydrogen-bond donors (Lipinski definition) is 0. The molecule has 0 bridgehead atoms. The molecular formula is C16H13ClN2. The lowest BCUT2D eigenvalue weighted by Crippen LogP contribution is -1.89. The van der Waals surface area contributed by atoms with Gasteiger partial charge in [-0.25, -0.2) is 0 Å². The van der Waals surface area contributed by atoms with Gasteiger partial charge >= 0.3 is 0 Å². The fourth-order valence-electron chi connectivity index (χ4n) is 2.00. The van der Waals surface area contributed by atoms with E-state index in [1.54, 1.807) is 24.5 Å². The molecule has 1 aromatic carbocycles. The second kappa shape index (κ2) is 5.69. The lowest BCUT2D eigenvalue weighted by atomic mass is 10.0. The molecule has 0 spiro atoms. The summed E-state index contributed by atoms with van der Waals surface area (Å²) in [6.45, 7) is 4.03. The SMILES string of the molecule is Cc1cc(C)cc(/C(Cl)=C(/C#N)c2ccncc2)c1. The summed E-state index contributed by atoms with van der Waals surface area (Å²) in [5.74, 6) is 0. The molecular weight excluding hydrogens is 256 g/mol. The van der Waals surface area contributed by atoms with E-state index in [-0.39, 0.29) is 0 Å². The molecule has 2 rings (SSSR count). The average molecular weight is 269 g/mol. The Bertz CT molecular complexity index is 647. The van der Waals surface area contributed by atoms with Crippen LogP contribution in [0.15, 0.2) is 42.7 Å². The van der Waals surface area contributed by atoms with Gasteiger partial charge in [-0.15, -0.1) is 0 Å². The van der Waals surface area contributed by atoms with Gasteiger partial charge in [0.15, 0.2) is 0 Å². The zero-order valence-corrected chi connectivity index (χ0v) is 11.6. The first kappa shape index (κ1) is 13.3. The molecule has 0 N–H and O–H groups in total. The smallest absolute Gasteiger partial charge is 0.101 e. The zero-order chi connectivity index (χ0) is 13.8. The molecule has 2 aromatic rings. The summed E-state index contributed by atoms with van der Waals surface area (Å²) in [4.78, 5) is 3.95. The van der Waals surface area contributed by atoms with Gasteiger partial charge in [-0.1, -0.05) is 40.9 Å². The van der Waals surface area contributed by atoms with Crippen molar-refractivity contribution >= 4 is 22.2 Å². The fraction of sp³-hybridized carbons (Fsp3) is 0.125. The standard InChI is InChI=1S/C16H13ClN2/c1-11-7-12(2)9-14(8-11)16(17)15(10-18)13-3-5-19-6-4-13/h3-9H,1-2H3/b16-15+. The number of benzene rings is 1. The first-order valence-corrected chi connectivity index (χ1v) is 6.28. The lowest BCUT2D eigenvalue weighted by Gasteiger charge is -2.07. The highest BCUT2D eigenvalue weighted by atomic mass is 35.5. The predicted molar refractivity (Wildman–Crippen MR) is 78.4 cm³/mol. The summed E-state index contributed by atoms with van der Waals surface area (Å²) in [5.41, 5.74) is 4.36. The molecule has 0 fully saturated rings. The zero-order valence-electron chi connectivity index (χ0n) is 10.8. The number of nitriles is 1. The predicted octanol–water partition coefficient (Wildman–Crippen LogP) is 4.33. The maximum atomic E-state index is 9.34. The maximum Gasteiger partial charge on any atom is 0.101 e. The molecule has 0 atom stereocenters. The van der Waals surface area contributed by atoms with E-state index in [0.29, 0.717) is 10.6 Å². The van der Waals surface area contributed by atoms with Gasteiger partial charge in [-0.3, -0.25) is 4.98 Å². The van der Waals surface area contributed by atoms with Crippen LogP contribution in [0.25, 0.3) is 10.6 Å². The van der Waals surface area contributed by atoms with Crippen LogP contribution < -0.4 is 0 Å². The second-order valence-corrected chi connectivity index (χ2v) is 4.79. The Balaban J connectivity index is 2.59. The summed E-state index contributed by atoms with van der Waals surface area (Å²) >= 11 is 6.39. The Morgan fingerprint density at radius 3 is 2.16 bits per heavy atom. The van der Waals surface area contributed by atoms with Gasteiger partial charge in [0, 0.05) is 12.4 Å². The summed E-state index contributed by atoms with van der Waals surface area (Å²) in [6, 6.07) is 11.8. The highest BCUT2D eigenvalue weighted by Gasteiger charge is 2.10. The Hall–Kier alpha value is -2.11. The Kier molecular flexibility index (Phi) is 3.99. The monoisotopic (exact) mass is 268 g/mol. The van der Waals surface area contributed by atoms with Crippen molar-refractivity contribution in [3.63, 3.8) is 0 Å². The Morgan fingerprint density at radius 2 is 1.63 bits per heavy atom. The molecule has 0 unspecified atom stereocenters. The van der Waals surface area contributed by atoms with E-state index < -0.39 is 0 Å². The Morgan fingerprint density at radius 1 is 1.05 bits per heavy atom. The number of allylic oxidation sites excluding steroid dienone is 1. The van der Waals surface area contributed by atoms with Crippen molar-refractivity contribution in [3.05, 3.63) is 65.0 Å². The number of aromatic nitrogens is 1. The third kappa shape index (κ3) is 3.01. The molecule has 0 saturated carbocycles. The van der Waals surface area contributed by atoms with Crippen LogP contribution >= 0.6 is 11.6 Å². The van der Waals surface area contributed by atoms with E-state index in [9.17, 15) is 5.26 Å². The van der Waals surface area contributed by atoms with Crippen molar-refractivity contribution in [1.29, 1.82) is 5.26 Å². The summed E-state index contributed by atoms with van der Waals surface area (Å²) in [5, 5.41) is 9.81. The van der Waals surface area contributed by atoms with E-state index in [4.69, 9.17) is 11.6 Å². The normalized spacial score (nSPS) is 11.7. The van der Waals surface area contributed by atoms with Crippen LogP contribution in [0.3, 0.4) is 0 Å². The van der Waals surface area contributed by atoms with Crippen LogP contribution in [0, 0.1) is 25.2 Å². The van der Waals surface area contributed by atoms with Crippen molar-refractivity contribution in [3.8, 4) is 6.07 Å². The van der Waals surface area contributed by atoms with Crippen LogP contribution in [0.2, 0.25) is 0 Å². The Labute approximate surface area is 118 Å². The minimum Gasteiger partial charge on any atom is -0.265 e. The summed E-state index contributed by atoms with van der Waals surface area (Å²) < 4.78 is 0. The van der Waals surface area contributed by atoms with Crippen LogP contribution in [0.4, 0.5) is 0 Å². The average Bonchev–Trinajstić information content (AvgIpc) is 2.39. The van der Waals surface area contributed by atoms with Crippen LogP contribution in [-0.4, -0.2) is 4.98 Å². The highest BCUT2D eigenvalue weighted by Crippen LogP contribution is 2.30. The molecule has 0 radical (unpaired) electrons. The van der Waals surface area contributed by atoms with Crippen LogP contribution in [-0.2, 0) is 0 Å². The molecule has 2 nitrogen and oxygen atoms in total. The third-order valence-electron chi connectivity index (χ3n) is 2.78. The maximum absolute atomic E-state index is 9.34. The summed E-state index contributed by atoms with van der Waals surface area (Å²) in [7, 11) is 0. The molecule has 94 valence electrons. The first-order chi connectivity index (χ1) is 9.11. The third-order valence-corrected chi connectivity index (χ3v) is 3.18. The minimum atomic E-state index is 0.467. The van der Waals surface area contributed by atoms with Crippen LogP contribution in [0.5, 0.6) is 0 Å². The van der Waals surface area contributed by atoms with Gasteiger partial charge in [0.05, 0.1) is 10.6 Å². The van der Waals surface area contributed by atoms with E-state index in [2.05, 4.69) is 17.1 Å². The van der Waals surface area contributed by atoms with Gasteiger partial charge in [0.2, 0.25) is 0 Å². The van der Waals surface area contributed by atoms with Crippen molar-refractivity contribution in [2.45, 2.75) is 13.8 Å². The van der Waals surface area contributed by atoms with Crippen molar-refractivity contribution < 1.29 is 0 Å². The second-order valence-electron chi connectivity index (χ2n) is 4.41. The minimum absolute atomic E-state index is 0.467. The van der Waals surface area contributed by atoms with Crippen molar-refractivity contribution in [2.24, 2.45) is 0 Å². The number of nitrogens with zero attached hydrogens (tertiary/aromatic N) is 2. The van der Waals surface area contributed by atoms with E-state index in [0.717, 1.165) is 22.3 Å².